The van der Waals surface area contributed by atoms with E-state index in [0.717, 1.165) is 6.42 Å². The summed E-state index contributed by atoms with van der Waals surface area (Å²) in [5.74, 6) is -0.0371. The molecule has 0 amide bonds. The van der Waals surface area contributed by atoms with E-state index in [4.69, 9.17) is 9.47 Å². The highest BCUT2D eigenvalue weighted by molar-refractivity contribution is 4.82. The second-order valence-electron chi connectivity index (χ2n) is 2.99. The van der Waals surface area contributed by atoms with E-state index in [1.54, 1.807) is 0 Å². The molecule has 66 valence electrons. The van der Waals surface area contributed by atoms with Gasteiger partial charge >= 0.3 is 0 Å². The van der Waals surface area contributed by atoms with E-state index < -0.39 is 12.5 Å². The zero-order valence-electron chi connectivity index (χ0n) is 7.21. The highest BCUT2D eigenvalue weighted by Crippen LogP contribution is 2.31. The van der Waals surface area contributed by atoms with Gasteiger partial charge in [0, 0.05) is 13.0 Å². The summed E-state index contributed by atoms with van der Waals surface area (Å²) in [5.41, 5.74) is 0. The molecule has 1 saturated heterocycles. The summed E-state index contributed by atoms with van der Waals surface area (Å²) in [4.78, 5) is 0. The molecule has 0 aromatic rings. The van der Waals surface area contributed by atoms with E-state index in [1.807, 2.05) is 13.8 Å². The van der Waals surface area contributed by atoms with Gasteiger partial charge in [-0.3, -0.25) is 0 Å². The molecule has 0 saturated carbocycles. The van der Waals surface area contributed by atoms with Crippen LogP contribution in [-0.4, -0.2) is 25.7 Å². The molecule has 1 heterocycles. The van der Waals surface area contributed by atoms with E-state index >= 15 is 0 Å². The second kappa shape index (κ2) is 3.50. The summed E-state index contributed by atoms with van der Waals surface area (Å²) in [6.07, 6.45) is -0.739. The van der Waals surface area contributed by atoms with E-state index in [9.17, 15) is 4.39 Å². The largest absolute Gasteiger partial charge is 0.353 e. The molecule has 1 aliphatic rings. The van der Waals surface area contributed by atoms with Crippen molar-refractivity contribution in [3.8, 4) is 0 Å². The summed E-state index contributed by atoms with van der Waals surface area (Å²) in [7, 11) is 1.47. The number of hydrogen-bond donors (Lipinski definition) is 0. The van der Waals surface area contributed by atoms with E-state index in [-0.39, 0.29) is 12.0 Å². The van der Waals surface area contributed by atoms with Gasteiger partial charge in [0.15, 0.2) is 12.5 Å². The van der Waals surface area contributed by atoms with Crippen molar-refractivity contribution in [2.75, 3.05) is 7.11 Å². The molecule has 0 radical (unpaired) electrons. The normalized spacial score (nSPS) is 44.7. The van der Waals surface area contributed by atoms with Crippen molar-refractivity contribution in [2.24, 2.45) is 5.92 Å². The molecule has 3 heteroatoms. The fraction of sp³-hybridized carbons (Fsp3) is 1.00. The Bertz CT molecular complexity index is 111. The van der Waals surface area contributed by atoms with Crippen LogP contribution in [0.25, 0.3) is 0 Å². The van der Waals surface area contributed by atoms with Gasteiger partial charge in [-0.05, 0) is 6.42 Å². The number of methoxy groups -OCH3 is 1. The zero-order chi connectivity index (χ0) is 8.43. The highest BCUT2D eigenvalue weighted by Gasteiger charge is 2.41. The number of rotatable bonds is 2. The predicted octanol–water partition coefficient (Wildman–Crippen LogP) is 1.74. The molecule has 1 fully saturated rings. The SMILES string of the molecule is CC[C@H]1O[C@@H](OC)C(F)[C@H]1C. The van der Waals surface area contributed by atoms with Crippen LogP contribution in [-0.2, 0) is 9.47 Å². The Hall–Kier alpha value is -0.150. The minimum atomic E-state index is -0.968. The van der Waals surface area contributed by atoms with Crippen LogP contribution in [0.3, 0.4) is 0 Å². The van der Waals surface area contributed by atoms with Gasteiger partial charge in [-0.25, -0.2) is 4.39 Å². The molecule has 0 aromatic carbocycles. The Morgan fingerprint density at radius 2 is 2.18 bits per heavy atom. The van der Waals surface area contributed by atoms with Crippen LogP contribution in [0.4, 0.5) is 4.39 Å². The smallest absolute Gasteiger partial charge is 0.189 e. The molecule has 0 spiro atoms. The molecule has 0 bridgehead atoms. The summed E-state index contributed by atoms with van der Waals surface area (Å²) >= 11 is 0. The molecular weight excluding hydrogens is 147 g/mol. The van der Waals surface area contributed by atoms with Crippen molar-refractivity contribution in [3.63, 3.8) is 0 Å². The van der Waals surface area contributed by atoms with Crippen LogP contribution >= 0.6 is 0 Å². The zero-order valence-corrected chi connectivity index (χ0v) is 7.21. The van der Waals surface area contributed by atoms with Crippen LogP contribution in [0, 0.1) is 5.92 Å². The van der Waals surface area contributed by atoms with Gasteiger partial charge in [-0.2, -0.15) is 0 Å². The third-order valence-corrected chi connectivity index (χ3v) is 2.29. The van der Waals surface area contributed by atoms with Crippen LogP contribution in [0.15, 0.2) is 0 Å². The molecule has 1 unspecified atom stereocenters. The predicted molar refractivity (Wildman–Crippen MR) is 40.0 cm³/mol. The first-order valence-corrected chi connectivity index (χ1v) is 4.03. The molecule has 1 aliphatic heterocycles. The minimum Gasteiger partial charge on any atom is -0.353 e. The number of halogens is 1. The van der Waals surface area contributed by atoms with Gasteiger partial charge in [0.05, 0.1) is 6.10 Å². The molecule has 2 nitrogen and oxygen atoms in total. The molecule has 11 heavy (non-hydrogen) atoms. The maximum Gasteiger partial charge on any atom is 0.189 e. The number of hydrogen-bond acceptors (Lipinski definition) is 2. The Labute approximate surface area is 66.7 Å². The first-order valence-electron chi connectivity index (χ1n) is 4.03. The van der Waals surface area contributed by atoms with Crippen LogP contribution in [0.1, 0.15) is 20.3 Å². The molecular formula is C8H15FO2. The molecule has 0 N–H and O–H groups in total. The van der Waals surface area contributed by atoms with Crippen molar-refractivity contribution in [3.05, 3.63) is 0 Å². The van der Waals surface area contributed by atoms with Crippen LogP contribution < -0.4 is 0 Å². The van der Waals surface area contributed by atoms with E-state index in [1.165, 1.54) is 7.11 Å². The summed E-state index contributed by atoms with van der Waals surface area (Å²) in [5, 5.41) is 0. The fourth-order valence-corrected chi connectivity index (χ4v) is 1.48. The van der Waals surface area contributed by atoms with Crippen LogP contribution in [0.2, 0.25) is 0 Å². The Morgan fingerprint density at radius 3 is 2.45 bits per heavy atom. The first-order chi connectivity index (χ1) is 5.20. The second-order valence-corrected chi connectivity index (χ2v) is 2.99. The standard InChI is InChI=1S/C8H15FO2/c1-4-6-5(2)7(9)8(10-3)11-6/h5-8H,4H2,1-3H3/t5-,6+,7?,8+/m0/s1. The summed E-state index contributed by atoms with van der Waals surface area (Å²) < 4.78 is 23.3. The van der Waals surface area contributed by atoms with E-state index in [0.29, 0.717) is 0 Å². The summed E-state index contributed by atoms with van der Waals surface area (Å²) in [6.45, 7) is 3.85. The van der Waals surface area contributed by atoms with Gasteiger partial charge in [-0.1, -0.05) is 13.8 Å². The average molecular weight is 162 g/mol. The van der Waals surface area contributed by atoms with Gasteiger partial charge in [0.2, 0.25) is 0 Å². The lowest BCUT2D eigenvalue weighted by Crippen LogP contribution is -2.22. The first kappa shape index (κ1) is 8.94. The maximum atomic E-state index is 13.2. The van der Waals surface area contributed by atoms with E-state index in [2.05, 4.69) is 0 Å². The maximum absolute atomic E-state index is 13.2. The monoisotopic (exact) mass is 162 g/mol. The lowest BCUT2D eigenvalue weighted by atomic mass is 10.0. The van der Waals surface area contributed by atoms with Crippen molar-refractivity contribution in [1.29, 1.82) is 0 Å². The average Bonchev–Trinajstić information content (AvgIpc) is 2.30. The van der Waals surface area contributed by atoms with Crippen molar-refractivity contribution in [2.45, 2.75) is 38.8 Å². The van der Waals surface area contributed by atoms with Crippen LogP contribution in [0.5, 0.6) is 0 Å². The number of ether oxygens (including phenoxy) is 2. The quantitative estimate of drug-likeness (QED) is 0.615. The Kier molecular flexibility index (Phi) is 2.84. The number of alkyl halides is 1. The van der Waals surface area contributed by atoms with Gasteiger partial charge in [0.1, 0.15) is 0 Å². The lowest BCUT2D eigenvalue weighted by Gasteiger charge is -2.10. The topological polar surface area (TPSA) is 18.5 Å². The van der Waals surface area contributed by atoms with Crippen molar-refractivity contribution < 1.29 is 13.9 Å². The third-order valence-electron chi connectivity index (χ3n) is 2.29. The Balaban J connectivity index is 2.53. The van der Waals surface area contributed by atoms with Gasteiger partial charge in [-0.15, -0.1) is 0 Å². The van der Waals surface area contributed by atoms with Crippen molar-refractivity contribution in [1.82, 2.24) is 0 Å². The molecule has 4 atom stereocenters. The van der Waals surface area contributed by atoms with Gasteiger partial charge < -0.3 is 9.47 Å². The minimum absolute atomic E-state index is 0.0231. The third kappa shape index (κ3) is 1.54. The lowest BCUT2D eigenvalue weighted by molar-refractivity contribution is -0.135. The van der Waals surface area contributed by atoms with Gasteiger partial charge in [0.25, 0.3) is 0 Å². The van der Waals surface area contributed by atoms with Crippen molar-refractivity contribution >= 4 is 0 Å². The highest BCUT2D eigenvalue weighted by atomic mass is 19.1. The Morgan fingerprint density at radius 1 is 1.55 bits per heavy atom. The summed E-state index contributed by atoms with van der Waals surface area (Å²) in [6, 6.07) is 0. The fourth-order valence-electron chi connectivity index (χ4n) is 1.48. The molecule has 1 rings (SSSR count). The molecule has 0 aromatic heterocycles. The molecule has 0 aliphatic carbocycles.